The second-order valence-electron chi connectivity index (χ2n) is 4.43. The quantitative estimate of drug-likeness (QED) is 0.683. The van der Waals surface area contributed by atoms with Crippen LogP contribution in [0.25, 0.3) is 5.82 Å². The summed E-state index contributed by atoms with van der Waals surface area (Å²) >= 11 is 0. The molecule has 0 aliphatic carbocycles. The first kappa shape index (κ1) is 13.3. The van der Waals surface area contributed by atoms with E-state index in [1.807, 2.05) is 18.3 Å². The predicted octanol–water partition coefficient (Wildman–Crippen LogP) is 0.463. The Hall–Kier alpha value is -2.74. The van der Waals surface area contributed by atoms with Crippen LogP contribution in [-0.2, 0) is 13.1 Å². The van der Waals surface area contributed by atoms with Crippen LogP contribution in [0.1, 0.15) is 5.56 Å². The summed E-state index contributed by atoms with van der Waals surface area (Å²) in [5.41, 5.74) is 1.96. The van der Waals surface area contributed by atoms with Gasteiger partial charge in [0, 0.05) is 18.3 Å². The summed E-state index contributed by atoms with van der Waals surface area (Å²) < 4.78 is 3.31. The van der Waals surface area contributed by atoms with Gasteiger partial charge in [-0.2, -0.15) is 10.2 Å². The molecular formula is C13H15N7O. The highest BCUT2D eigenvalue weighted by Crippen LogP contribution is 2.10. The van der Waals surface area contributed by atoms with Crippen LogP contribution < -0.4 is 5.32 Å². The van der Waals surface area contributed by atoms with E-state index < -0.39 is 0 Å². The van der Waals surface area contributed by atoms with Crippen molar-refractivity contribution < 1.29 is 5.11 Å². The van der Waals surface area contributed by atoms with Crippen LogP contribution in [0.5, 0.6) is 0 Å². The molecule has 2 N–H and O–H groups in total. The largest absolute Gasteiger partial charge is 0.394 e. The van der Waals surface area contributed by atoms with Crippen molar-refractivity contribution in [3.63, 3.8) is 0 Å². The first-order valence-electron chi connectivity index (χ1n) is 6.52. The van der Waals surface area contributed by atoms with E-state index in [1.165, 1.54) is 6.33 Å². The maximum Gasteiger partial charge on any atom is 0.155 e. The van der Waals surface area contributed by atoms with Crippen LogP contribution >= 0.6 is 0 Å². The van der Waals surface area contributed by atoms with Gasteiger partial charge < -0.3 is 10.4 Å². The Morgan fingerprint density at radius 1 is 1.19 bits per heavy atom. The van der Waals surface area contributed by atoms with Crippen molar-refractivity contribution in [2.45, 2.75) is 13.1 Å². The SMILES string of the molecule is OCCn1cc(CNc2ccc(-n3cncn3)nc2)cn1. The lowest BCUT2D eigenvalue weighted by molar-refractivity contribution is 0.269. The van der Waals surface area contributed by atoms with Crippen molar-refractivity contribution in [2.24, 2.45) is 0 Å². The highest BCUT2D eigenvalue weighted by molar-refractivity contribution is 5.43. The highest BCUT2D eigenvalue weighted by atomic mass is 16.3. The van der Waals surface area contributed by atoms with Gasteiger partial charge in [0.25, 0.3) is 0 Å². The second kappa shape index (κ2) is 6.14. The topological polar surface area (TPSA) is 93.7 Å². The van der Waals surface area contributed by atoms with Crippen LogP contribution in [0, 0.1) is 0 Å². The van der Waals surface area contributed by atoms with Crippen LogP contribution in [0.3, 0.4) is 0 Å². The van der Waals surface area contributed by atoms with Crippen molar-refractivity contribution in [3.05, 3.63) is 48.9 Å². The number of aromatic nitrogens is 6. The molecule has 8 nitrogen and oxygen atoms in total. The lowest BCUT2D eigenvalue weighted by Gasteiger charge is -2.05. The molecule has 3 heterocycles. The minimum absolute atomic E-state index is 0.0855. The molecule has 0 spiro atoms. The molecule has 108 valence electrons. The fraction of sp³-hybridized carbons (Fsp3) is 0.231. The van der Waals surface area contributed by atoms with E-state index in [4.69, 9.17) is 5.11 Å². The third kappa shape index (κ3) is 3.23. The Bertz CT molecular complexity index is 675. The van der Waals surface area contributed by atoms with Gasteiger partial charge in [-0.25, -0.2) is 14.6 Å². The Kier molecular flexibility index (Phi) is 3.88. The Labute approximate surface area is 121 Å². The smallest absolute Gasteiger partial charge is 0.155 e. The van der Waals surface area contributed by atoms with E-state index in [1.54, 1.807) is 28.1 Å². The molecule has 0 unspecified atom stereocenters. The van der Waals surface area contributed by atoms with E-state index >= 15 is 0 Å². The van der Waals surface area contributed by atoms with E-state index in [9.17, 15) is 0 Å². The van der Waals surface area contributed by atoms with Crippen LogP contribution in [0.2, 0.25) is 0 Å². The maximum absolute atomic E-state index is 8.84. The van der Waals surface area contributed by atoms with Crippen LogP contribution in [-0.4, -0.2) is 41.2 Å². The molecule has 0 amide bonds. The normalized spacial score (nSPS) is 10.7. The molecule has 0 saturated carbocycles. The zero-order valence-corrected chi connectivity index (χ0v) is 11.3. The molecule has 3 aromatic heterocycles. The summed E-state index contributed by atoms with van der Waals surface area (Å²) in [7, 11) is 0. The summed E-state index contributed by atoms with van der Waals surface area (Å²) in [5.74, 6) is 0.716. The molecule has 0 aromatic carbocycles. The lowest BCUT2D eigenvalue weighted by atomic mass is 10.3. The number of pyridine rings is 1. The molecule has 0 aliphatic heterocycles. The molecule has 0 atom stereocenters. The van der Waals surface area contributed by atoms with Crippen molar-refractivity contribution >= 4 is 5.69 Å². The van der Waals surface area contributed by atoms with Gasteiger partial charge in [-0.15, -0.1) is 0 Å². The summed E-state index contributed by atoms with van der Waals surface area (Å²) in [6.45, 7) is 1.24. The van der Waals surface area contributed by atoms with Crippen LogP contribution in [0.4, 0.5) is 5.69 Å². The maximum atomic E-state index is 8.84. The minimum atomic E-state index is 0.0855. The number of hydrogen-bond acceptors (Lipinski definition) is 6. The Morgan fingerprint density at radius 2 is 2.14 bits per heavy atom. The third-order valence-electron chi connectivity index (χ3n) is 2.91. The van der Waals surface area contributed by atoms with Gasteiger partial charge in [-0.1, -0.05) is 0 Å². The monoisotopic (exact) mass is 285 g/mol. The number of anilines is 1. The van der Waals surface area contributed by atoms with Crippen molar-refractivity contribution in [3.8, 4) is 5.82 Å². The molecule has 0 bridgehead atoms. The number of rotatable bonds is 6. The zero-order valence-electron chi connectivity index (χ0n) is 11.3. The van der Waals surface area contributed by atoms with Gasteiger partial charge in [0.15, 0.2) is 5.82 Å². The average Bonchev–Trinajstić information content (AvgIpc) is 3.18. The highest BCUT2D eigenvalue weighted by Gasteiger charge is 2.01. The fourth-order valence-electron chi connectivity index (χ4n) is 1.88. The second-order valence-corrected chi connectivity index (χ2v) is 4.43. The molecule has 3 aromatic rings. The zero-order chi connectivity index (χ0) is 14.5. The summed E-state index contributed by atoms with van der Waals surface area (Å²) in [6.07, 6.45) is 8.50. The molecule has 0 radical (unpaired) electrons. The molecule has 3 rings (SSSR count). The van der Waals surface area contributed by atoms with Crippen molar-refractivity contribution in [1.82, 2.24) is 29.5 Å². The Balaban J connectivity index is 1.60. The number of nitrogens with one attached hydrogen (secondary N) is 1. The van der Waals surface area contributed by atoms with Crippen molar-refractivity contribution in [1.29, 1.82) is 0 Å². The number of aliphatic hydroxyl groups excluding tert-OH is 1. The third-order valence-corrected chi connectivity index (χ3v) is 2.91. The first-order valence-corrected chi connectivity index (χ1v) is 6.52. The van der Waals surface area contributed by atoms with Gasteiger partial charge in [-0.05, 0) is 12.1 Å². The minimum Gasteiger partial charge on any atom is -0.394 e. The van der Waals surface area contributed by atoms with Crippen molar-refractivity contribution in [2.75, 3.05) is 11.9 Å². The molecule has 8 heteroatoms. The van der Waals surface area contributed by atoms with E-state index in [-0.39, 0.29) is 6.61 Å². The fourth-order valence-corrected chi connectivity index (χ4v) is 1.88. The van der Waals surface area contributed by atoms with Gasteiger partial charge in [-0.3, -0.25) is 4.68 Å². The lowest BCUT2D eigenvalue weighted by Crippen LogP contribution is -2.03. The Morgan fingerprint density at radius 3 is 2.86 bits per heavy atom. The molecule has 0 saturated heterocycles. The predicted molar refractivity (Wildman–Crippen MR) is 75.8 cm³/mol. The average molecular weight is 285 g/mol. The summed E-state index contributed by atoms with van der Waals surface area (Å²) in [4.78, 5) is 8.20. The summed E-state index contributed by atoms with van der Waals surface area (Å²) in [5, 5.41) is 20.3. The van der Waals surface area contributed by atoms with Gasteiger partial charge >= 0.3 is 0 Å². The van der Waals surface area contributed by atoms with Gasteiger partial charge in [0.1, 0.15) is 12.7 Å². The molecular weight excluding hydrogens is 270 g/mol. The number of nitrogens with zero attached hydrogens (tertiary/aromatic N) is 6. The van der Waals surface area contributed by atoms with E-state index in [2.05, 4.69) is 25.5 Å². The van der Waals surface area contributed by atoms with E-state index in [0.717, 1.165) is 11.3 Å². The van der Waals surface area contributed by atoms with E-state index in [0.29, 0.717) is 18.9 Å². The van der Waals surface area contributed by atoms with Gasteiger partial charge in [0.2, 0.25) is 0 Å². The summed E-state index contributed by atoms with van der Waals surface area (Å²) in [6, 6.07) is 3.80. The van der Waals surface area contributed by atoms with Crippen LogP contribution in [0.15, 0.2) is 43.4 Å². The first-order chi connectivity index (χ1) is 10.3. The molecule has 0 aliphatic rings. The molecule has 21 heavy (non-hydrogen) atoms. The number of hydrogen-bond donors (Lipinski definition) is 2. The number of aliphatic hydroxyl groups is 1. The van der Waals surface area contributed by atoms with Gasteiger partial charge in [0.05, 0.1) is 31.2 Å². The molecule has 0 fully saturated rings. The standard InChI is InChI=1S/C13H15N7O/c21-4-3-19-8-11(6-17-19)5-15-12-1-2-13(16-7-12)20-10-14-9-18-20/h1-2,6-10,15,21H,3-5H2.